The number of carboxylic acids is 1. The van der Waals surface area contributed by atoms with Gasteiger partial charge >= 0.3 is 5.97 Å². The summed E-state index contributed by atoms with van der Waals surface area (Å²) in [7, 11) is 1.84. The van der Waals surface area contributed by atoms with E-state index < -0.39 is 5.97 Å². The van der Waals surface area contributed by atoms with Crippen molar-refractivity contribution in [3.63, 3.8) is 0 Å². The molecule has 128 valence electrons. The van der Waals surface area contributed by atoms with Crippen molar-refractivity contribution in [3.05, 3.63) is 0 Å². The van der Waals surface area contributed by atoms with Gasteiger partial charge in [-0.15, -0.1) is 0 Å². The number of carboxylic acid groups (broad SMARTS) is 1. The van der Waals surface area contributed by atoms with Gasteiger partial charge in [-0.1, -0.05) is 19.8 Å². The molecule has 0 aromatic rings. The molecule has 1 heterocycles. The average molecular weight is 314 g/mol. The monoisotopic (exact) mass is 314 g/mol. The van der Waals surface area contributed by atoms with Gasteiger partial charge in [-0.3, -0.25) is 14.5 Å². The normalized spacial score (nSPS) is 19.2. The van der Waals surface area contributed by atoms with Crippen LogP contribution in [0.2, 0.25) is 0 Å². The lowest BCUT2D eigenvalue weighted by atomic mass is 10.1. The SMILES string of the molecule is CCCCCOCC(=O)N1CCCC(N(C)CC(=O)O)CC1. The predicted octanol–water partition coefficient (Wildman–Crippen LogP) is 1.59. The highest BCUT2D eigenvalue weighted by atomic mass is 16.5. The zero-order chi connectivity index (χ0) is 16.4. The van der Waals surface area contributed by atoms with Crippen LogP contribution >= 0.6 is 0 Å². The summed E-state index contributed by atoms with van der Waals surface area (Å²) in [5, 5.41) is 8.86. The minimum absolute atomic E-state index is 0.0537. The lowest BCUT2D eigenvalue weighted by molar-refractivity contribution is -0.139. The molecule has 22 heavy (non-hydrogen) atoms. The van der Waals surface area contributed by atoms with Gasteiger partial charge in [0.25, 0.3) is 0 Å². The molecule has 6 nitrogen and oxygen atoms in total. The Morgan fingerprint density at radius 3 is 2.73 bits per heavy atom. The smallest absolute Gasteiger partial charge is 0.317 e. The van der Waals surface area contributed by atoms with E-state index in [1.54, 1.807) is 0 Å². The molecule has 1 aliphatic heterocycles. The second-order valence-electron chi connectivity index (χ2n) is 6.03. The van der Waals surface area contributed by atoms with Crippen LogP contribution < -0.4 is 0 Å². The van der Waals surface area contributed by atoms with E-state index >= 15 is 0 Å². The predicted molar refractivity (Wildman–Crippen MR) is 84.8 cm³/mol. The van der Waals surface area contributed by atoms with Crippen molar-refractivity contribution in [1.29, 1.82) is 0 Å². The second kappa shape index (κ2) is 10.6. The maximum absolute atomic E-state index is 12.1. The molecule has 1 N–H and O–H groups in total. The van der Waals surface area contributed by atoms with E-state index in [1.807, 2.05) is 16.8 Å². The second-order valence-corrected chi connectivity index (χ2v) is 6.03. The summed E-state index contributed by atoms with van der Waals surface area (Å²) in [6.07, 6.45) is 5.96. The molecule has 1 amide bonds. The first-order chi connectivity index (χ1) is 10.5. The van der Waals surface area contributed by atoms with E-state index in [0.29, 0.717) is 13.2 Å². The topological polar surface area (TPSA) is 70.1 Å². The van der Waals surface area contributed by atoms with E-state index in [9.17, 15) is 9.59 Å². The Bertz CT molecular complexity index is 349. The molecule has 0 aromatic carbocycles. The molecule has 1 atom stereocenters. The van der Waals surface area contributed by atoms with Crippen LogP contribution in [0.3, 0.4) is 0 Å². The number of rotatable bonds is 9. The lowest BCUT2D eigenvalue weighted by Gasteiger charge is -2.25. The largest absolute Gasteiger partial charge is 0.480 e. The third-order valence-electron chi connectivity index (χ3n) is 4.18. The van der Waals surface area contributed by atoms with E-state index in [-0.39, 0.29) is 25.1 Å². The van der Waals surface area contributed by atoms with Crippen molar-refractivity contribution in [1.82, 2.24) is 9.80 Å². The van der Waals surface area contributed by atoms with Gasteiger partial charge in [0.05, 0.1) is 6.54 Å². The van der Waals surface area contributed by atoms with E-state index in [1.165, 1.54) is 0 Å². The molecule has 1 saturated heterocycles. The fourth-order valence-electron chi connectivity index (χ4n) is 2.82. The van der Waals surface area contributed by atoms with E-state index in [2.05, 4.69) is 6.92 Å². The standard InChI is InChI=1S/C16H30N2O4/c1-3-4-5-11-22-13-15(19)18-9-6-7-14(8-10-18)17(2)12-16(20)21/h14H,3-13H2,1-2H3,(H,20,21). The maximum atomic E-state index is 12.1. The van der Waals surface area contributed by atoms with Crippen LogP contribution in [0.15, 0.2) is 0 Å². The van der Waals surface area contributed by atoms with Crippen molar-refractivity contribution in [3.8, 4) is 0 Å². The van der Waals surface area contributed by atoms with Crippen LogP contribution in [0.1, 0.15) is 45.4 Å². The Kier molecular flexibility index (Phi) is 9.08. The van der Waals surface area contributed by atoms with Crippen LogP contribution in [-0.2, 0) is 14.3 Å². The molecule has 1 fully saturated rings. The summed E-state index contributed by atoms with van der Waals surface area (Å²) >= 11 is 0. The van der Waals surface area contributed by atoms with Crippen LogP contribution in [-0.4, -0.2) is 72.7 Å². The number of ether oxygens (including phenoxy) is 1. The first-order valence-electron chi connectivity index (χ1n) is 8.32. The molecular weight excluding hydrogens is 284 g/mol. The molecule has 0 spiro atoms. The molecule has 1 aliphatic rings. The van der Waals surface area contributed by atoms with Crippen molar-refractivity contribution in [2.24, 2.45) is 0 Å². The number of unbranched alkanes of at least 4 members (excludes halogenated alkanes) is 2. The Balaban J connectivity index is 2.29. The lowest BCUT2D eigenvalue weighted by Crippen LogP contribution is -2.38. The Morgan fingerprint density at radius 1 is 1.27 bits per heavy atom. The quantitative estimate of drug-likeness (QED) is 0.655. The highest BCUT2D eigenvalue weighted by molar-refractivity contribution is 5.77. The minimum atomic E-state index is -0.805. The molecule has 0 bridgehead atoms. The fraction of sp³-hybridized carbons (Fsp3) is 0.875. The van der Waals surface area contributed by atoms with Crippen molar-refractivity contribution < 1.29 is 19.4 Å². The van der Waals surface area contributed by atoms with Crippen LogP contribution in [0.4, 0.5) is 0 Å². The highest BCUT2D eigenvalue weighted by Crippen LogP contribution is 2.16. The molecular formula is C16H30N2O4. The van der Waals surface area contributed by atoms with Gasteiger partial charge in [0.15, 0.2) is 0 Å². The zero-order valence-corrected chi connectivity index (χ0v) is 13.9. The van der Waals surface area contributed by atoms with Crippen LogP contribution in [0.5, 0.6) is 0 Å². The molecule has 0 aliphatic carbocycles. The average Bonchev–Trinajstić information content (AvgIpc) is 2.72. The van der Waals surface area contributed by atoms with Gasteiger partial charge in [0.2, 0.25) is 5.91 Å². The number of hydrogen-bond donors (Lipinski definition) is 1. The van der Waals surface area contributed by atoms with Gasteiger partial charge in [-0.25, -0.2) is 0 Å². The summed E-state index contributed by atoms with van der Waals surface area (Å²) in [5.74, 6) is -0.752. The third-order valence-corrected chi connectivity index (χ3v) is 4.18. The molecule has 0 saturated carbocycles. The summed E-state index contributed by atoms with van der Waals surface area (Å²) in [6.45, 7) is 4.44. The first-order valence-corrected chi connectivity index (χ1v) is 8.32. The Hall–Kier alpha value is -1.14. The first kappa shape index (κ1) is 18.9. The summed E-state index contributed by atoms with van der Waals surface area (Å²) in [4.78, 5) is 26.6. The number of likely N-dealkylation sites (tertiary alicyclic amines) is 1. The van der Waals surface area contributed by atoms with Gasteiger partial charge in [-0.2, -0.15) is 0 Å². The van der Waals surface area contributed by atoms with Crippen LogP contribution in [0.25, 0.3) is 0 Å². The highest BCUT2D eigenvalue weighted by Gasteiger charge is 2.23. The molecule has 1 rings (SSSR count). The third kappa shape index (κ3) is 7.22. The number of carbonyl (C=O) groups is 2. The Morgan fingerprint density at radius 2 is 2.05 bits per heavy atom. The van der Waals surface area contributed by atoms with Gasteiger partial charge in [-0.05, 0) is 32.7 Å². The van der Waals surface area contributed by atoms with E-state index in [4.69, 9.17) is 9.84 Å². The molecule has 1 unspecified atom stereocenters. The van der Waals surface area contributed by atoms with Gasteiger partial charge in [0, 0.05) is 25.7 Å². The van der Waals surface area contributed by atoms with Crippen molar-refractivity contribution >= 4 is 11.9 Å². The summed E-state index contributed by atoms with van der Waals surface area (Å²) in [6, 6.07) is 0.236. The summed E-state index contributed by atoms with van der Waals surface area (Å²) < 4.78 is 5.44. The number of aliphatic carboxylic acids is 1. The Labute approximate surface area is 133 Å². The number of nitrogens with zero attached hydrogens (tertiary/aromatic N) is 2. The summed E-state index contributed by atoms with van der Waals surface area (Å²) in [5.41, 5.74) is 0. The number of amides is 1. The molecule has 6 heteroatoms. The van der Waals surface area contributed by atoms with E-state index in [0.717, 1.165) is 45.1 Å². The number of likely N-dealkylation sites (N-methyl/N-ethyl adjacent to an activating group) is 1. The van der Waals surface area contributed by atoms with Gasteiger partial charge < -0.3 is 14.7 Å². The fourth-order valence-corrected chi connectivity index (χ4v) is 2.82. The van der Waals surface area contributed by atoms with Crippen LogP contribution in [0, 0.1) is 0 Å². The number of hydrogen-bond acceptors (Lipinski definition) is 4. The van der Waals surface area contributed by atoms with Gasteiger partial charge in [0.1, 0.15) is 6.61 Å². The zero-order valence-electron chi connectivity index (χ0n) is 13.9. The number of carbonyl (C=O) groups excluding carboxylic acids is 1. The molecule has 0 aromatic heterocycles. The molecule has 0 radical (unpaired) electrons. The maximum Gasteiger partial charge on any atom is 0.317 e. The van der Waals surface area contributed by atoms with Crippen molar-refractivity contribution in [2.75, 3.05) is 39.9 Å². The minimum Gasteiger partial charge on any atom is -0.480 e. The van der Waals surface area contributed by atoms with Crippen molar-refractivity contribution in [2.45, 2.75) is 51.5 Å².